The van der Waals surface area contributed by atoms with E-state index in [9.17, 15) is 18.5 Å². The Hall–Kier alpha value is -2.98. The van der Waals surface area contributed by atoms with Gasteiger partial charge in [-0.05, 0) is 30.3 Å². The number of anilines is 1. The first-order valence-corrected chi connectivity index (χ1v) is 8.65. The quantitative estimate of drug-likeness (QED) is 0.537. The maximum absolute atomic E-state index is 12.5. The van der Waals surface area contributed by atoms with Gasteiger partial charge in [-0.2, -0.15) is 5.10 Å². The summed E-state index contributed by atoms with van der Waals surface area (Å²) < 4.78 is 28.9. The van der Waals surface area contributed by atoms with E-state index in [0.29, 0.717) is 10.7 Å². The van der Waals surface area contributed by atoms with Crippen LogP contribution in [0, 0.1) is 10.1 Å². The Balaban J connectivity index is 1.98. The van der Waals surface area contributed by atoms with Crippen LogP contribution in [0.4, 0.5) is 11.4 Å². The maximum atomic E-state index is 12.5. The normalized spacial score (nSPS) is 11.2. The molecule has 0 unspecified atom stereocenters. The van der Waals surface area contributed by atoms with Crippen molar-refractivity contribution in [3.63, 3.8) is 0 Å². The van der Waals surface area contributed by atoms with Gasteiger partial charge in [-0.25, -0.2) is 18.1 Å². The Labute approximate surface area is 147 Å². The van der Waals surface area contributed by atoms with Crippen LogP contribution in [0.25, 0.3) is 5.69 Å². The van der Waals surface area contributed by atoms with Crippen molar-refractivity contribution in [3.05, 3.63) is 70.3 Å². The summed E-state index contributed by atoms with van der Waals surface area (Å²) in [5, 5.41) is 15.0. The second kappa shape index (κ2) is 6.49. The minimum atomic E-state index is -3.98. The monoisotopic (exact) mass is 379 g/mol. The van der Waals surface area contributed by atoms with E-state index in [0.717, 1.165) is 24.3 Å². The number of rotatable bonds is 5. The third kappa shape index (κ3) is 3.59. The molecule has 3 aromatic rings. The number of nitrogens with zero attached hydrogens (tertiary/aromatic N) is 4. The number of non-ortho nitro benzene ring substituents is 1. The molecule has 0 radical (unpaired) electrons. The largest absolute Gasteiger partial charge is 0.277 e. The van der Waals surface area contributed by atoms with Crippen LogP contribution < -0.4 is 4.72 Å². The molecule has 2 aromatic carbocycles. The van der Waals surface area contributed by atoms with Crippen molar-refractivity contribution in [2.45, 2.75) is 4.90 Å². The highest BCUT2D eigenvalue weighted by Crippen LogP contribution is 2.27. The summed E-state index contributed by atoms with van der Waals surface area (Å²) in [5.41, 5.74) is 0.411. The van der Waals surface area contributed by atoms with Gasteiger partial charge in [0.25, 0.3) is 15.7 Å². The summed E-state index contributed by atoms with van der Waals surface area (Å²) in [6.07, 6.45) is 2.72. The summed E-state index contributed by atoms with van der Waals surface area (Å²) in [6.45, 7) is 0. The van der Waals surface area contributed by atoms with Crippen molar-refractivity contribution in [1.82, 2.24) is 14.8 Å². The third-order valence-corrected chi connectivity index (χ3v) is 4.84. The molecule has 11 heteroatoms. The van der Waals surface area contributed by atoms with Gasteiger partial charge >= 0.3 is 0 Å². The summed E-state index contributed by atoms with van der Waals surface area (Å²) >= 11 is 5.95. The Morgan fingerprint density at radius 1 is 1.16 bits per heavy atom. The van der Waals surface area contributed by atoms with E-state index in [1.807, 2.05) is 0 Å². The average Bonchev–Trinajstić information content (AvgIpc) is 3.09. The van der Waals surface area contributed by atoms with Gasteiger partial charge in [-0.15, -0.1) is 0 Å². The first kappa shape index (κ1) is 16.9. The molecule has 0 saturated heterocycles. The molecule has 0 atom stereocenters. The van der Waals surface area contributed by atoms with Crippen molar-refractivity contribution >= 4 is 33.0 Å². The topological polar surface area (TPSA) is 120 Å². The third-order valence-electron chi connectivity index (χ3n) is 3.23. The molecule has 0 aliphatic rings. The van der Waals surface area contributed by atoms with Gasteiger partial charge < -0.3 is 0 Å². The van der Waals surface area contributed by atoms with Crippen LogP contribution in [0.5, 0.6) is 0 Å². The lowest BCUT2D eigenvalue weighted by Gasteiger charge is -2.13. The SMILES string of the molecule is O=[N+]([O-])c1ccc(S(=O)(=O)Nc2cc(Cl)ccc2-n2cncn2)cc1. The summed E-state index contributed by atoms with van der Waals surface area (Å²) in [4.78, 5) is 13.8. The van der Waals surface area contributed by atoms with Crippen LogP contribution in [0.1, 0.15) is 0 Å². The zero-order chi connectivity index (χ0) is 18.0. The lowest BCUT2D eigenvalue weighted by Crippen LogP contribution is -2.15. The number of benzene rings is 2. The van der Waals surface area contributed by atoms with E-state index in [4.69, 9.17) is 11.6 Å². The molecular weight excluding hydrogens is 370 g/mol. The smallest absolute Gasteiger partial charge is 0.269 e. The van der Waals surface area contributed by atoms with Gasteiger partial charge in [0.2, 0.25) is 0 Å². The molecule has 1 heterocycles. The van der Waals surface area contributed by atoms with Crippen molar-refractivity contribution < 1.29 is 13.3 Å². The average molecular weight is 380 g/mol. The molecule has 0 aliphatic carbocycles. The van der Waals surface area contributed by atoms with Gasteiger partial charge in [-0.3, -0.25) is 14.8 Å². The Morgan fingerprint density at radius 2 is 1.88 bits per heavy atom. The van der Waals surface area contributed by atoms with Gasteiger partial charge in [-0.1, -0.05) is 11.6 Å². The Kier molecular flexibility index (Phi) is 4.38. The van der Waals surface area contributed by atoms with E-state index >= 15 is 0 Å². The molecule has 0 fully saturated rings. The number of nitrogens with one attached hydrogen (secondary N) is 1. The lowest BCUT2D eigenvalue weighted by molar-refractivity contribution is -0.384. The van der Waals surface area contributed by atoms with Crippen molar-refractivity contribution in [2.75, 3.05) is 4.72 Å². The van der Waals surface area contributed by atoms with Crippen LogP contribution in [-0.2, 0) is 10.0 Å². The van der Waals surface area contributed by atoms with Crippen molar-refractivity contribution in [1.29, 1.82) is 0 Å². The van der Waals surface area contributed by atoms with E-state index in [2.05, 4.69) is 14.8 Å². The van der Waals surface area contributed by atoms with E-state index in [1.54, 1.807) is 12.1 Å². The maximum Gasteiger partial charge on any atom is 0.269 e. The van der Waals surface area contributed by atoms with Crippen LogP contribution in [0.3, 0.4) is 0 Å². The number of halogens is 1. The molecular formula is C14H10ClN5O4S. The molecule has 3 rings (SSSR count). The molecule has 0 bridgehead atoms. The Bertz CT molecular complexity index is 1020. The standard InChI is InChI=1S/C14H10ClN5O4S/c15-10-1-6-14(19-9-16-8-17-19)13(7-10)18-25(23,24)12-4-2-11(3-5-12)20(21)22/h1-9,18H. The lowest BCUT2D eigenvalue weighted by atomic mass is 10.3. The number of sulfonamides is 1. The molecule has 25 heavy (non-hydrogen) atoms. The summed E-state index contributed by atoms with van der Waals surface area (Å²) in [6, 6.07) is 9.14. The fourth-order valence-corrected chi connectivity index (χ4v) is 3.31. The van der Waals surface area contributed by atoms with Crippen LogP contribution in [0.15, 0.2) is 60.0 Å². The summed E-state index contributed by atoms with van der Waals surface area (Å²) in [7, 11) is -3.98. The zero-order valence-corrected chi connectivity index (χ0v) is 14.0. The summed E-state index contributed by atoms with van der Waals surface area (Å²) in [5.74, 6) is 0. The highest BCUT2D eigenvalue weighted by atomic mass is 35.5. The Morgan fingerprint density at radius 3 is 2.48 bits per heavy atom. The van der Waals surface area contributed by atoms with Crippen LogP contribution in [0.2, 0.25) is 5.02 Å². The predicted octanol–water partition coefficient (Wildman–Crippen LogP) is 2.63. The molecule has 0 spiro atoms. The van der Waals surface area contributed by atoms with Crippen molar-refractivity contribution in [3.8, 4) is 5.69 Å². The van der Waals surface area contributed by atoms with E-state index < -0.39 is 14.9 Å². The highest BCUT2D eigenvalue weighted by Gasteiger charge is 2.18. The predicted molar refractivity (Wildman–Crippen MR) is 90.3 cm³/mol. The van der Waals surface area contributed by atoms with Crippen LogP contribution in [-0.4, -0.2) is 28.1 Å². The molecule has 0 saturated carbocycles. The number of hydrogen-bond acceptors (Lipinski definition) is 6. The molecule has 9 nitrogen and oxygen atoms in total. The molecule has 0 aliphatic heterocycles. The minimum Gasteiger partial charge on any atom is -0.277 e. The fraction of sp³-hybridized carbons (Fsp3) is 0. The van der Waals surface area contributed by atoms with E-state index in [1.165, 1.54) is 23.4 Å². The number of aromatic nitrogens is 3. The number of nitro groups is 1. The van der Waals surface area contributed by atoms with Gasteiger partial charge in [0.1, 0.15) is 12.7 Å². The van der Waals surface area contributed by atoms with Gasteiger partial charge in [0, 0.05) is 17.2 Å². The fourth-order valence-electron chi connectivity index (χ4n) is 2.07. The van der Waals surface area contributed by atoms with E-state index in [-0.39, 0.29) is 16.3 Å². The number of nitro benzene ring substituents is 1. The first-order valence-electron chi connectivity index (χ1n) is 6.79. The molecule has 1 aromatic heterocycles. The molecule has 1 N–H and O–H groups in total. The van der Waals surface area contributed by atoms with Crippen molar-refractivity contribution in [2.24, 2.45) is 0 Å². The minimum absolute atomic E-state index is 0.123. The van der Waals surface area contributed by atoms with Gasteiger partial charge in [0.05, 0.1) is 21.2 Å². The second-order valence-electron chi connectivity index (χ2n) is 4.86. The first-order chi connectivity index (χ1) is 11.9. The van der Waals surface area contributed by atoms with Gasteiger partial charge in [0.15, 0.2) is 0 Å². The van der Waals surface area contributed by atoms with Crippen LogP contribution >= 0.6 is 11.6 Å². The highest BCUT2D eigenvalue weighted by molar-refractivity contribution is 7.92. The number of hydrogen-bond donors (Lipinski definition) is 1. The molecule has 128 valence electrons. The second-order valence-corrected chi connectivity index (χ2v) is 6.98. The zero-order valence-electron chi connectivity index (χ0n) is 12.4. The molecule has 0 amide bonds.